The van der Waals surface area contributed by atoms with Crippen molar-refractivity contribution in [2.24, 2.45) is 0 Å². The van der Waals surface area contributed by atoms with Crippen LogP contribution in [0.4, 0.5) is 0 Å². The van der Waals surface area contributed by atoms with Crippen LogP contribution in [0.2, 0.25) is 0 Å². The smallest absolute Gasteiger partial charge is 0.0264 e. The van der Waals surface area contributed by atoms with Gasteiger partial charge in [0.25, 0.3) is 0 Å². The number of hydrogen-bond acceptors (Lipinski definition) is 0. The Labute approximate surface area is 52.4 Å². The van der Waals surface area contributed by atoms with Crippen LogP contribution in [0.3, 0.4) is 0 Å². The molecule has 0 radical (unpaired) electrons. The van der Waals surface area contributed by atoms with Gasteiger partial charge in [0.1, 0.15) is 0 Å². The average Bonchev–Trinajstić information content (AvgIpc) is 1.69. The van der Waals surface area contributed by atoms with E-state index in [1.165, 1.54) is 6.42 Å². The highest BCUT2D eigenvalue weighted by molar-refractivity contribution is 9.09. The van der Waals surface area contributed by atoms with Crippen molar-refractivity contribution in [1.29, 1.82) is 0 Å². The summed E-state index contributed by atoms with van der Waals surface area (Å²) in [5, 5.41) is 0. The molecule has 0 saturated heterocycles. The number of hydrogen-bond donors (Lipinski definition) is 0. The molecule has 1 aliphatic carbocycles. The lowest BCUT2D eigenvalue weighted by Gasteiger charge is -2.04. The normalized spacial score (nSPS) is 28.4. The minimum absolute atomic E-state index is 0.675. The number of rotatable bonds is 0. The lowest BCUT2D eigenvalue weighted by atomic mass is 10.1. The lowest BCUT2D eigenvalue weighted by molar-refractivity contribution is 0.794. The third-order valence-electron chi connectivity index (χ3n) is 1.03. The van der Waals surface area contributed by atoms with Gasteiger partial charge in [-0.05, 0) is 6.42 Å². The first kappa shape index (κ1) is 5.18. The topological polar surface area (TPSA) is 0 Å². The molecule has 0 aliphatic heterocycles. The highest BCUT2D eigenvalue weighted by Gasteiger charge is 2.02. The van der Waals surface area contributed by atoms with Gasteiger partial charge in [0.15, 0.2) is 0 Å². The van der Waals surface area contributed by atoms with E-state index in [9.17, 15) is 0 Å². The van der Waals surface area contributed by atoms with Crippen LogP contribution < -0.4 is 0 Å². The molecule has 1 aliphatic rings. The fourth-order valence-electron chi connectivity index (χ4n) is 0.602. The molecule has 1 atom stereocenters. The van der Waals surface area contributed by atoms with Gasteiger partial charge in [-0.2, -0.15) is 0 Å². The van der Waals surface area contributed by atoms with Crippen LogP contribution in [0.5, 0.6) is 0 Å². The van der Waals surface area contributed by atoms with E-state index in [1.807, 2.05) is 0 Å². The van der Waals surface area contributed by atoms with Crippen molar-refractivity contribution in [1.82, 2.24) is 0 Å². The molecule has 38 valence electrons. The molecule has 0 bridgehead atoms. The maximum Gasteiger partial charge on any atom is 0.0264 e. The van der Waals surface area contributed by atoms with Crippen molar-refractivity contribution in [3.8, 4) is 11.8 Å². The van der Waals surface area contributed by atoms with Crippen LogP contribution in [0, 0.1) is 11.8 Å². The Hall–Kier alpha value is 0.0400. The quantitative estimate of drug-likeness (QED) is 0.374. The zero-order valence-electron chi connectivity index (χ0n) is 4.08. The van der Waals surface area contributed by atoms with Crippen molar-refractivity contribution in [3.63, 3.8) is 0 Å². The van der Waals surface area contributed by atoms with E-state index in [0.717, 1.165) is 12.8 Å². The second-order valence-corrected chi connectivity index (χ2v) is 2.99. The largest absolute Gasteiger partial charge is 0.103 e. The molecule has 0 fully saturated rings. The Kier molecular flexibility index (Phi) is 1.76. The van der Waals surface area contributed by atoms with Crippen LogP contribution in [0.15, 0.2) is 0 Å². The van der Waals surface area contributed by atoms with Crippen LogP contribution in [-0.2, 0) is 0 Å². The minimum Gasteiger partial charge on any atom is -0.103 e. The molecule has 0 N–H and O–H groups in total. The molecule has 7 heavy (non-hydrogen) atoms. The van der Waals surface area contributed by atoms with Crippen LogP contribution >= 0.6 is 15.9 Å². The fraction of sp³-hybridized carbons (Fsp3) is 0.667. The van der Waals surface area contributed by atoms with E-state index in [2.05, 4.69) is 27.8 Å². The Morgan fingerprint density at radius 1 is 1.43 bits per heavy atom. The molecular weight excluding hydrogens is 152 g/mol. The van der Waals surface area contributed by atoms with Crippen LogP contribution in [0.25, 0.3) is 0 Å². The summed E-state index contributed by atoms with van der Waals surface area (Å²) < 4.78 is 0. The SMILES string of the molecule is BrC1CC#CCC1. The monoisotopic (exact) mass is 158 g/mol. The van der Waals surface area contributed by atoms with Gasteiger partial charge in [0.05, 0.1) is 0 Å². The third kappa shape index (κ3) is 1.53. The molecule has 0 spiro atoms. The van der Waals surface area contributed by atoms with Gasteiger partial charge in [0.2, 0.25) is 0 Å². The Bertz CT molecular complexity index is 107. The first-order valence-corrected chi connectivity index (χ1v) is 3.41. The second kappa shape index (κ2) is 2.37. The van der Waals surface area contributed by atoms with E-state index >= 15 is 0 Å². The molecule has 0 aromatic carbocycles. The van der Waals surface area contributed by atoms with Gasteiger partial charge in [-0.25, -0.2) is 0 Å². The van der Waals surface area contributed by atoms with Crippen molar-refractivity contribution < 1.29 is 0 Å². The molecule has 1 rings (SSSR count). The van der Waals surface area contributed by atoms with Crippen molar-refractivity contribution in [3.05, 3.63) is 0 Å². The standard InChI is InChI=1S/C6H7Br/c7-6-4-2-1-3-5-6/h6H,2,4-5H2. The summed E-state index contributed by atoms with van der Waals surface area (Å²) in [4.78, 5) is 0.675. The van der Waals surface area contributed by atoms with Gasteiger partial charge in [-0.1, -0.05) is 15.9 Å². The molecular formula is C6H7Br. The zero-order valence-corrected chi connectivity index (χ0v) is 5.66. The average molecular weight is 159 g/mol. The maximum atomic E-state index is 3.49. The number of halogens is 1. The minimum atomic E-state index is 0.675. The first-order chi connectivity index (χ1) is 3.39. The molecule has 0 heterocycles. The van der Waals surface area contributed by atoms with E-state index < -0.39 is 0 Å². The molecule has 0 nitrogen and oxygen atoms in total. The van der Waals surface area contributed by atoms with Gasteiger partial charge in [-0.15, -0.1) is 11.8 Å². The molecule has 0 aromatic heterocycles. The summed E-state index contributed by atoms with van der Waals surface area (Å²) in [6.07, 6.45) is 3.35. The summed E-state index contributed by atoms with van der Waals surface area (Å²) in [5.41, 5.74) is 0. The van der Waals surface area contributed by atoms with Crippen molar-refractivity contribution in [2.45, 2.75) is 24.1 Å². The molecule has 1 unspecified atom stereocenters. The van der Waals surface area contributed by atoms with Crippen LogP contribution in [0.1, 0.15) is 19.3 Å². The van der Waals surface area contributed by atoms with E-state index in [4.69, 9.17) is 0 Å². The molecule has 0 saturated carbocycles. The molecule has 1 heteroatoms. The summed E-state index contributed by atoms with van der Waals surface area (Å²) in [6, 6.07) is 0. The fourth-order valence-corrected chi connectivity index (χ4v) is 0.993. The maximum absolute atomic E-state index is 3.49. The van der Waals surface area contributed by atoms with E-state index in [1.54, 1.807) is 0 Å². The zero-order chi connectivity index (χ0) is 5.11. The Balaban J connectivity index is 2.39. The van der Waals surface area contributed by atoms with Gasteiger partial charge in [0, 0.05) is 17.7 Å². The number of alkyl halides is 1. The van der Waals surface area contributed by atoms with Crippen LogP contribution in [-0.4, -0.2) is 4.83 Å². The highest BCUT2D eigenvalue weighted by Crippen LogP contribution is 2.13. The van der Waals surface area contributed by atoms with Gasteiger partial charge in [-0.3, -0.25) is 0 Å². The second-order valence-electron chi connectivity index (χ2n) is 1.69. The molecule has 0 aromatic rings. The first-order valence-electron chi connectivity index (χ1n) is 2.49. The van der Waals surface area contributed by atoms with Gasteiger partial charge >= 0.3 is 0 Å². The third-order valence-corrected chi connectivity index (χ3v) is 1.81. The summed E-state index contributed by atoms with van der Waals surface area (Å²) in [6.45, 7) is 0. The van der Waals surface area contributed by atoms with Gasteiger partial charge < -0.3 is 0 Å². The summed E-state index contributed by atoms with van der Waals surface area (Å²) >= 11 is 3.49. The predicted octanol–water partition coefficient (Wildman–Crippen LogP) is 1.94. The Morgan fingerprint density at radius 3 is 2.57 bits per heavy atom. The van der Waals surface area contributed by atoms with E-state index in [0.29, 0.717) is 4.83 Å². The van der Waals surface area contributed by atoms with E-state index in [-0.39, 0.29) is 0 Å². The van der Waals surface area contributed by atoms with Crippen molar-refractivity contribution in [2.75, 3.05) is 0 Å². The Morgan fingerprint density at radius 2 is 2.29 bits per heavy atom. The summed E-state index contributed by atoms with van der Waals surface area (Å²) in [7, 11) is 0. The lowest BCUT2D eigenvalue weighted by Crippen LogP contribution is -1.97. The summed E-state index contributed by atoms with van der Waals surface area (Å²) in [5.74, 6) is 6.07. The van der Waals surface area contributed by atoms with Crippen molar-refractivity contribution >= 4 is 15.9 Å². The highest BCUT2D eigenvalue weighted by atomic mass is 79.9. The predicted molar refractivity (Wildman–Crippen MR) is 34.3 cm³/mol. The molecule has 0 amide bonds.